The molecule has 10 nitrogen and oxygen atoms in total. The van der Waals surface area contributed by atoms with Gasteiger partial charge in [-0.25, -0.2) is 14.4 Å². The lowest BCUT2D eigenvalue weighted by atomic mass is 9.73. The van der Waals surface area contributed by atoms with Crippen molar-refractivity contribution in [2.24, 2.45) is 5.92 Å². The molecule has 1 aromatic rings. The predicted molar refractivity (Wildman–Crippen MR) is 108 cm³/mol. The quantitative estimate of drug-likeness (QED) is 0.536. The summed E-state index contributed by atoms with van der Waals surface area (Å²) in [5.41, 5.74) is -0.768. The Morgan fingerprint density at radius 3 is 2.26 bits per heavy atom. The van der Waals surface area contributed by atoms with Crippen molar-refractivity contribution in [3.63, 3.8) is 0 Å². The number of rotatable bonds is 5. The number of nitrogens with one attached hydrogen (secondary N) is 2. The summed E-state index contributed by atoms with van der Waals surface area (Å²) in [4.78, 5) is 62.7. The van der Waals surface area contributed by atoms with Crippen molar-refractivity contribution < 1.29 is 33.4 Å². The Bertz CT molecular complexity index is 911. The van der Waals surface area contributed by atoms with E-state index in [4.69, 9.17) is 0 Å². The lowest BCUT2D eigenvalue weighted by Crippen LogP contribution is -2.54. The van der Waals surface area contributed by atoms with Gasteiger partial charge in [-0.15, -0.1) is 0 Å². The van der Waals surface area contributed by atoms with Crippen molar-refractivity contribution in [2.45, 2.75) is 38.1 Å². The average Bonchev–Trinajstić information content (AvgIpc) is 2.99. The Labute approximate surface area is 179 Å². The van der Waals surface area contributed by atoms with Gasteiger partial charge in [-0.1, -0.05) is 19.8 Å². The molecule has 2 fully saturated rings. The number of hydrogen-bond donors (Lipinski definition) is 2. The standard InChI is InChI=1S/C21H25N3O7/c1-12-6-4-5-7-21(12)19(28)24(20(29)23-21)11-16(25)22-15-9-13(17(26)30-2)8-14(10-15)18(27)31-3/h8-10,12H,4-7,11H2,1-3H3,(H,22,25)(H,23,29). The first kappa shape index (κ1) is 22.3. The highest BCUT2D eigenvalue weighted by Crippen LogP contribution is 2.38. The van der Waals surface area contributed by atoms with Gasteiger partial charge in [0.1, 0.15) is 12.1 Å². The van der Waals surface area contributed by atoms with Crippen LogP contribution in [-0.2, 0) is 19.1 Å². The van der Waals surface area contributed by atoms with Crippen LogP contribution in [0.1, 0.15) is 53.3 Å². The summed E-state index contributed by atoms with van der Waals surface area (Å²) in [7, 11) is 2.37. The fourth-order valence-electron chi connectivity index (χ4n) is 4.15. The largest absolute Gasteiger partial charge is 0.465 e. The highest BCUT2D eigenvalue weighted by Gasteiger charge is 2.55. The second kappa shape index (κ2) is 8.75. The van der Waals surface area contributed by atoms with E-state index in [9.17, 15) is 24.0 Å². The molecule has 1 aromatic carbocycles. The van der Waals surface area contributed by atoms with Gasteiger partial charge >= 0.3 is 18.0 Å². The SMILES string of the molecule is COC(=O)c1cc(NC(=O)CN2C(=O)NC3(CCCCC3C)C2=O)cc(C(=O)OC)c1. The van der Waals surface area contributed by atoms with Crippen LogP contribution in [-0.4, -0.2) is 61.0 Å². The van der Waals surface area contributed by atoms with E-state index < -0.39 is 41.9 Å². The third-order valence-electron chi connectivity index (χ3n) is 5.86. The zero-order chi connectivity index (χ0) is 22.8. The molecular formula is C21H25N3O7. The molecule has 10 heteroatoms. The van der Waals surface area contributed by atoms with Crippen LogP contribution in [0.15, 0.2) is 18.2 Å². The van der Waals surface area contributed by atoms with Crippen molar-refractivity contribution >= 4 is 35.5 Å². The number of amides is 4. The highest BCUT2D eigenvalue weighted by molar-refractivity contribution is 6.10. The molecule has 2 aliphatic rings. The van der Waals surface area contributed by atoms with Gasteiger partial charge in [-0.3, -0.25) is 14.5 Å². The summed E-state index contributed by atoms with van der Waals surface area (Å²) in [6.45, 7) is 1.43. The number of carbonyl (C=O) groups excluding carboxylic acids is 5. The van der Waals surface area contributed by atoms with E-state index in [2.05, 4.69) is 20.1 Å². The number of urea groups is 1. The summed E-state index contributed by atoms with van der Waals surface area (Å²) in [6, 6.07) is 3.32. The minimum absolute atomic E-state index is 0.0230. The molecule has 2 atom stereocenters. The second-order valence-electron chi connectivity index (χ2n) is 7.77. The van der Waals surface area contributed by atoms with Gasteiger partial charge in [0.05, 0.1) is 25.3 Å². The van der Waals surface area contributed by atoms with Gasteiger partial charge in [-0.05, 0) is 37.0 Å². The molecule has 0 aromatic heterocycles. The molecule has 0 radical (unpaired) electrons. The molecule has 1 spiro atoms. The van der Waals surface area contributed by atoms with Crippen molar-refractivity contribution in [1.29, 1.82) is 0 Å². The normalized spacial score (nSPS) is 22.8. The maximum Gasteiger partial charge on any atom is 0.337 e. The van der Waals surface area contributed by atoms with E-state index >= 15 is 0 Å². The van der Waals surface area contributed by atoms with E-state index in [0.717, 1.165) is 24.2 Å². The van der Waals surface area contributed by atoms with Crippen molar-refractivity contribution in [3.8, 4) is 0 Å². The van der Waals surface area contributed by atoms with E-state index in [1.54, 1.807) is 0 Å². The molecule has 2 unspecified atom stereocenters. The molecule has 1 saturated heterocycles. The molecule has 4 amide bonds. The van der Waals surface area contributed by atoms with Crippen LogP contribution in [0.3, 0.4) is 0 Å². The Kier molecular flexibility index (Phi) is 6.28. The number of carbonyl (C=O) groups is 5. The minimum Gasteiger partial charge on any atom is -0.465 e. The van der Waals surface area contributed by atoms with Crippen LogP contribution < -0.4 is 10.6 Å². The summed E-state index contributed by atoms with van der Waals surface area (Å²) in [5, 5.41) is 5.31. The summed E-state index contributed by atoms with van der Waals surface area (Å²) in [6.07, 6.45) is 3.18. The molecule has 166 valence electrons. The molecule has 1 aliphatic heterocycles. The predicted octanol–water partition coefficient (Wildman–Crippen LogP) is 1.70. The minimum atomic E-state index is -0.960. The Morgan fingerprint density at radius 2 is 1.71 bits per heavy atom. The zero-order valence-corrected chi connectivity index (χ0v) is 17.6. The number of ether oxygens (including phenoxy) is 2. The first-order valence-corrected chi connectivity index (χ1v) is 9.97. The summed E-state index contributed by atoms with van der Waals surface area (Å²) in [5.74, 6) is -2.49. The number of anilines is 1. The van der Waals surface area contributed by atoms with Crippen molar-refractivity contribution in [1.82, 2.24) is 10.2 Å². The maximum atomic E-state index is 13.0. The fourth-order valence-corrected chi connectivity index (χ4v) is 4.15. The number of methoxy groups -OCH3 is 2. The highest BCUT2D eigenvalue weighted by atomic mass is 16.5. The van der Waals surface area contributed by atoms with Crippen LogP contribution in [0.25, 0.3) is 0 Å². The molecule has 0 bridgehead atoms. The first-order valence-electron chi connectivity index (χ1n) is 9.97. The first-order chi connectivity index (χ1) is 14.7. The van der Waals surface area contributed by atoms with Gasteiger partial charge < -0.3 is 20.1 Å². The lowest BCUT2D eigenvalue weighted by molar-refractivity contribution is -0.136. The number of esters is 2. The van der Waals surface area contributed by atoms with Crippen LogP contribution in [0.2, 0.25) is 0 Å². The molecular weight excluding hydrogens is 406 g/mol. The van der Waals surface area contributed by atoms with Crippen molar-refractivity contribution in [3.05, 3.63) is 29.3 Å². The third kappa shape index (κ3) is 4.23. The molecule has 2 N–H and O–H groups in total. The van der Waals surface area contributed by atoms with E-state index in [0.29, 0.717) is 6.42 Å². The molecule has 1 saturated carbocycles. The average molecular weight is 431 g/mol. The Balaban J connectivity index is 1.77. The van der Waals surface area contributed by atoms with Gasteiger partial charge in [0, 0.05) is 5.69 Å². The van der Waals surface area contributed by atoms with Gasteiger partial charge in [0.2, 0.25) is 5.91 Å². The number of benzene rings is 1. The summed E-state index contributed by atoms with van der Waals surface area (Å²) < 4.78 is 9.33. The summed E-state index contributed by atoms with van der Waals surface area (Å²) >= 11 is 0. The van der Waals surface area contributed by atoms with E-state index in [1.807, 2.05) is 6.92 Å². The van der Waals surface area contributed by atoms with E-state index in [1.165, 1.54) is 32.4 Å². The topological polar surface area (TPSA) is 131 Å². The molecule has 1 aliphatic carbocycles. The Morgan fingerprint density at radius 1 is 1.10 bits per heavy atom. The molecule has 1 heterocycles. The third-order valence-corrected chi connectivity index (χ3v) is 5.86. The van der Waals surface area contributed by atoms with Crippen LogP contribution in [0.4, 0.5) is 10.5 Å². The molecule has 31 heavy (non-hydrogen) atoms. The fraction of sp³-hybridized carbons (Fsp3) is 0.476. The number of nitrogens with zero attached hydrogens (tertiary/aromatic N) is 1. The maximum absolute atomic E-state index is 13.0. The Hall–Kier alpha value is -3.43. The second-order valence-corrected chi connectivity index (χ2v) is 7.77. The zero-order valence-electron chi connectivity index (χ0n) is 17.6. The van der Waals surface area contributed by atoms with Gasteiger partial charge in [0.15, 0.2) is 0 Å². The van der Waals surface area contributed by atoms with Crippen molar-refractivity contribution in [2.75, 3.05) is 26.1 Å². The lowest BCUT2D eigenvalue weighted by Gasteiger charge is -2.36. The van der Waals surface area contributed by atoms with E-state index in [-0.39, 0.29) is 22.7 Å². The molecule has 3 rings (SSSR count). The van der Waals surface area contributed by atoms with Crippen LogP contribution >= 0.6 is 0 Å². The number of imide groups is 1. The smallest absolute Gasteiger partial charge is 0.337 e. The van der Waals surface area contributed by atoms with Crippen LogP contribution in [0.5, 0.6) is 0 Å². The number of hydrogen-bond acceptors (Lipinski definition) is 7. The van der Waals surface area contributed by atoms with Crippen LogP contribution in [0, 0.1) is 5.92 Å². The van der Waals surface area contributed by atoms with Gasteiger partial charge in [-0.2, -0.15) is 0 Å². The van der Waals surface area contributed by atoms with Gasteiger partial charge in [0.25, 0.3) is 5.91 Å². The monoisotopic (exact) mass is 431 g/mol.